The van der Waals surface area contributed by atoms with Crippen LogP contribution < -0.4 is 5.73 Å². The molecule has 0 fully saturated rings. The van der Waals surface area contributed by atoms with Crippen LogP contribution in [0.25, 0.3) is 0 Å². The van der Waals surface area contributed by atoms with Crippen LogP contribution in [0.15, 0.2) is 34.3 Å². The van der Waals surface area contributed by atoms with Gasteiger partial charge < -0.3 is 10.3 Å². The Balaban J connectivity index is 1.81. The van der Waals surface area contributed by atoms with E-state index in [2.05, 4.69) is 10.2 Å². The van der Waals surface area contributed by atoms with E-state index < -0.39 is 0 Å². The fourth-order valence-electron chi connectivity index (χ4n) is 1.49. The normalized spacial score (nSPS) is 10.9. The Kier molecular flexibility index (Phi) is 5.24. The van der Waals surface area contributed by atoms with E-state index >= 15 is 0 Å². The van der Waals surface area contributed by atoms with Crippen molar-refractivity contribution >= 4 is 23.5 Å². The van der Waals surface area contributed by atoms with Crippen molar-refractivity contribution in [3.05, 3.63) is 35.9 Å². The third-order valence-corrected chi connectivity index (χ3v) is 4.85. The molecule has 0 amide bonds. The first kappa shape index (κ1) is 14.4. The van der Waals surface area contributed by atoms with Gasteiger partial charge in [-0.3, -0.25) is 0 Å². The van der Waals surface area contributed by atoms with Crippen molar-refractivity contribution in [2.45, 2.75) is 16.6 Å². The van der Waals surface area contributed by atoms with Crippen LogP contribution in [0.1, 0.15) is 5.82 Å². The second-order valence-electron chi connectivity index (χ2n) is 3.79. The second-order valence-corrected chi connectivity index (χ2v) is 5.99. The summed E-state index contributed by atoms with van der Waals surface area (Å²) in [5.41, 5.74) is 5.53. The maximum Gasteiger partial charge on any atom is 0.191 e. The fourth-order valence-corrected chi connectivity index (χ4v) is 3.34. The number of halogens is 1. The predicted octanol–water partition coefficient (Wildman–Crippen LogP) is 2.30. The maximum absolute atomic E-state index is 13.4. The summed E-state index contributed by atoms with van der Waals surface area (Å²) in [5.74, 6) is 2.26. The predicted molar refractivity (Wildman–Crippen MR) is 76.7 cm³/mol. The van der Waals surface area contributed by atoms with E-state index in [0.717, 1.165) is 22.5 Å². The zero-order valence-electron chi connectivity index (χ0n) is 10.5. The zero-order chi connectivity index (χ0) is 13.7. The SMILES string of the molecule is Cn1c(CN)nnc1SCCSc1ccccc1F. The zero-order valence-corrected chi connectivity index (χ0v) is 12.2. The number of hydrogen-bond acceptors (Lipinski definition) is 5. The van der Waals surface area contributed by atoms with Crippen LogP contribution in [0.5, 0.6) is 0 Å². The average Bonchev–Trinajstić information content (AvgIpc) is 2.77. The van der Waals surface area contributed by atoms with Gasteiger partial charge in [0.2, 0.25) is 0 Å². The minimum Gasteiger partial charge on any atom is -0.324 e. The van der Waals surface area contributed by atoms with Gasteiger partial charge in [0, 0.05) is 23.4 Å². The van der Waals surface area contributed by atoms with Crippen LogP contribution in [0.4, 0.5) is 4.39 Å². The first-order valence-electron chi connectivity index (χ1n) is 5.81. The smallest absolute Gasteiger partial charge is 0.191 e. The molecule has 2 rings (SSSR count). The van der Waals surface area contributed by atoms with Gasteiger partial charge in [-0.1, -0.05) is 23.9 Å². The molecule has 2 aromatic rings. The maximum atomic E-state index is 13.4. The Bertz CT molecular complexity index is 544. The number of rotatable bonds is 6. The minimum atomic E-state index is -0.165. The molecule has 0 bridgehead atoms. The van der Waals surface area contributed by atoms with Crippen LogP contribution in [0.2, 0.25) is 0 Å². The lowest BCUT2D eigenvalue weighted by Crippen LogP contribution is -2.05. The van der Waals surface area contributed by atoms with Gasteiger partial charge in [0.1, 0.15) is 11.6 Å². The van der Waals surface area contributed by atoms with E-state index in [1.165, 1.54) is 17.8 Å². The number of aromatic nitrogens is 3. The molecule has 1 heterocycles. The minimum absolute atomic E-state index is 0.165. The van der Waals surface area contributed by atoms with Crippen molar-refractivity contribution in [2.75, 3.05) is 11.5 Å². The van der Waals surface area contributed by atoms with Crippen molar-refractivity contribution in [1.82, 2.24) is 14.8 Å². The molecule has 7 heteroatoms. The Morgan fingerprint density at radius 2 is 1.95 bits per heavy atom. The monoisotopic (exact) mass is 298 g/mol. The fraction of sp³-hybridized carbons (Fsp3) is 0.333. The average molecular weight is 298 g/mol. The quantitative estimate of drug-likeness (QED) is 0.655. The lowest BCUT2D eigenvalue weighted by atomic mass is 10.3. The van der Waals surface area contributed by atoms with Crippen LogP contribution in [-0.2, 0) is 13.6 Å². The van der Waals surface area contributed by atoms with Crippen molar-refractivity contribution < 1.29 is 4.39 Å². The van der Waals surface area contributed by atoms with Gasteiger partial charge in [-0.05, 0) is 12.1 Å². The Labute approximate surface area is 120 Å². The summed E-state index contributed by atoms with van der Waals surface area (Å²) in [6.07, 6.45) is 0. The van der Waals surface area contributed by atoms with E-state index in [0.29, 0.717) is 11.4 Å². The van der Waals surface area contributed by atoms with E-state index in [-0.39, 0.29) is 5.82 Å². The molecule has 0 spiro atoms. The molecule has 102 valence electrons. The van der Waals surface area contributed by atoms with Gasteiger partial charge in [0.05, 0.1) is 6.54 Å². The molecule has 0 radical (unpaired) electrons. The number of nitrogens with two attached hydrogens (primary N) is 1. The third kappa shape index (κ3) is 3.71. The van der Waals surface area contributed by atoms with Crippen molar-refractivity contribution in [3.8, 4) is 0 Å². The standard InChI is InChI=1S/C12H15FN4S2/c1-17-11(8-14)15-16-12(17)19-7-6-18-10-5-3-2-4-9(10)13/h2-5H,6-8,14H2,1H3. The highest BCUT2D eigenvalue weighted by Crippen LogP contribution is 2.24. The van der Waals surface area contributed by atoms with Gasteiger partial charge in [-0.15, -0.1) is 22.0 Å². The third-order valence-electron chi connectivity index (χ3n) is 2.52. The number of hydrogen-bond donors (Lipinski definition) is 1. The van der Waals surface area contributed by atoms with E-state index in [9.17, 15) is 4.39 Å². The molecule has 0 atom stereocenters. The lowest BCUT2D eigenvalue weighted by molar-refractivity contribution is 0.602. The van der Waals surface area contributed by atoms with E-state index in [1.54, 1.807) is 23.9 Å². The lowest BCUT2D eigenvalue weighted by Gasteiger charge is -2.03. The topological polar surface area (TPSA) is 56.7 Å². The summed E-state index contributed by atoms with van der Waals surface area (Å²) in [6.45, 7) is 0.383. The molecule has 0 saturated carbocycles. The molecule has 0 aliphatic carbocycles. The molecule has 0 aliphatic rings. The molecule has 4 nitrogen and oxygen atoms in total. The molecule has 0 unspecified atom stereocenters. The highest BCUT2D eigenvalue weighted by molar-refractivity contribution is 8.02. The van der Waals surface area contributed by atoms with E-state index in [4.69, 9.17) is 5.73 Å². The van der Waals surface area contributed by atoms with Gasteiger partial charge in [-0.2, -0.15) is 0 Å². The second kappa shape index (κ2) is 6.93. The van der Waals surface area contributed by atoms with Gasteiger partial charge in [0.25, 0.3) is 0 Å². The highest BCUT2D eigenvalue weighted by Gasteiger charge is 2.07. The largest absolute Gasteiger partial charge is 0.324 e. The number of benzene rings is 1. The van der Waals surface area contributed by atoms with Crippen LogP contribution in [0, 0.1) is 5.82 Å². The molecular weight excluding hydrogens is 283 g/mol. The molecule has 0 aliphatic heterocycles. The molecule has 19 heavy (non-hydrogen) atoms. The molecular formula is C12H15FN4S2. The first-order valence-corrected chi connectivity index (χ1v) is 7.78. The number of nitrogens with zero attached hydrogens (tertiary/aromatic N) is 3. The van der Waals surface area contributed by atoms with Crippen molar-refractivity contribution in [1.29, 1.82) is 0 Å². The summed E-state index contributed by atoms with van der Waals surface area (Å²) in [5, 5.41) is 8.89. The Hall–Kier alpha value is -1.05. The van der Waals surface area contributed by atoms with Gasteiger partial charge in [-0.25, -0.2) is 4.39 Å². The highest BCUT2D eigenvalue weighted by atomic mass is 32.2. The molecule has 0 saturated heterocycles. The van der Waals surface area contributed by atoms with Crippen molar-refractivity contribution in [2.24, 2.45) is 12.8 Å². The van der Waals surface area contributed by atoms with Crippen LogP contribution in [0.3, 0.4) is 0 Å². The molecule has 2 N–H and O–H groups in total. The van der Waals surface area contributed by atoms with Crippen molar-refractivity contribution in [3.63, 3.8) is 0 Å². The summed E-state index contributed by atoms with van der Waals surface area (Å²) in [6, 6.07) is 6.81. The summed E-state index contributed by atoms with van der Waals surface area (Å²) in [4.78, 5) is 0.684. The van der Waals surface area contributed by atoms with Gasteiger partial charge >= 0.3 is 0 Å². The Morgan fingerprint density at radius 3 is 2.63 bits per heavy atom. The molecule has 1 aromatic carbocycles. The molecule has 1 aromatic heterocycles. The first-order chi connectivity index (χ1) is 9.22. The van der Waals surface area contributed by atoms with Gasteiger partial charge in [0.15, 0.2) is 5.16 Å². The van der Waals surface area contributed by atoms with E-state index in [1.807, 2.05) is 17.7 Å². The Morgan fingerprint density at radius 1 is 1.21 bits per heavy atom. The number of thioether (sulfide) groups is 2. The summed E-state index contributed by atoms with van der Waals surface area (Å²) < 4.78 is 15.3. The summed E-state index contributed by atoms with van der Waals surface area (Å²) >= 11 is 3.11. The van der Waals surface area contributed by atoms with Crippen LogP contribution in [-0.4, -0.2) is 26.3 Å². The van der Waals surface area contributed by atoms with Crippen LogP contribution >= 0.6 is 23.5 Å². The summed E-state index contributed by atoms with van der Waals surface area (Å²) in [7, 11) is 1.90.